The SMILES string of the molecule is C[O-].[Mg+2].[O-]C1CCCC(O)C1. The average molecular weight is 170 g/mol. The molecule has 62 valence electrons. The predicted molar refractivity (Wildman–Crippen MR) is 39.9 cm³/mol. The van der Waals surface area contributed by atoms with Crippen molar-refractivity contribution in [3.63, 3.8) is 0 Å². The topological polar surface area (TPSA) is 66.3 Å². The van der Waals surface area contributed by atoms with E-state index in [0.717, 1.165) is 26.4 Å². The largest absolute Gasteiger partial charge is 2.00 e. The maximum Gasteiger partial charge on any atom is 2.00 e. The van der Waals surface area contributed by atoms with E-state index in [1.807, 2.05) is 0 Å². The van der Waals surface area contributed by atoms with Crippen LogP contribution in [0.25, 0.3) is 0 Å². The first kappa shape index (κ1) is 14.2. The summed E-state index contributed by atoms with van der Waals surface area (Å²) in [5.74, 6) is 0. The molecule has 1 aliphatic rings. The van der Waals surface area contributed by atoms with E-state index in [0.29, 0.717) is 6.42 Å². The van der Waals surface area contributed by atoms with Crippen LogP contribution in [0.15, 0.2) is 0 Å². The summed E-state index contributed by atoms with van der Waals surface area (Å²) in [6, 6.07) is 0. The first-order chi connectivity index (χ1) is 4.79. The van der Waals surface area contributed by atoms with E-state index in [-0.39, 0.29) is 29.2 Å². The molecule has 0 aromatic carbocycles. The van der Waals surface area contributed by atoms with Crippen LogP contribution in [0.2, 0.25) is 0 Å². The van der Waals surface area contributed by atoms with Crippen LogP contribution in [-0.4, -0.2) is 47.5 Å². The molecule has 3 nitrogen and oxygen atoms in total. The zero-order chi connectivity index (χ0) is 7.98. The first-order valence-corrected chi connectivity index (χ1v) is 3.54. The van der Waals surface area contributed by atoms with E-state index in [1.54, 1.807) is 0 Å². The molecule has 1 saturated carbocycles. The van der Waals surface area contributed by atoms with Gasteiger partial charge in [-0.1, -0.05) is 12.8 Å². The molecule has 0 aliphatic heterocycles. The Balaban J connectivity index is 0. The van der Waals surface area contributed by atoms with Crippen molar-refractivity contribution >= 4 is 23.1 Å². The zero-order valence-electron chi connectivity index (χ0n) is 6.95. The van der Waals surface area contributed by atoms with Gasteiger partial charge in [-0.25, -0.2) is 0 Å². The monoisotopic (exact) mass is 170 g/mol. The van der Waals surface area contributed by atoms with E-state index >= 15 is 0 Å². The fraction of sp³-hybridized carbons (Fsp3) is 1.00. The fourth-order valence-electron chi connectivity index (χ4n) is 1.12. The van der Waals surface area contributed by atoms with Crippen molar-refractivity contribution in [1.29, 1.82) is 0 Å². The van der Waals surface area contributed by atoms with Crippen LogP contribution in [0.1, 0.15) is 25.7 Å². The number of hydrogen-bond acceptors (Lipinski definition) is 3. The second kappa shape index (κ2) is 8.74. The molecule has 1 rings (SSSR count). The molecule has 0 aromatic heterocycles. The average Bonchev–Trinajstić information content (AvgIpc) is 1.91. The van der Waals surface area contributed by atoms with Crippen LogP contribution in [0.4, 0.5) is 0 Å². The molecule has 0 heterocycles. The summed E-state index contributed by atoms with van der Waals surface area (Å²) in [5.41, 5.74) is 0. The molecule has 1 N–H and O–H groups in total. The molecule has 0 aromatic rings. The summed E-state index contributed by atoms with van der Waals surface area (Å²) in [5, 5.41) is 27.7. The van der Waals surface area contributed by atoms with Crippen LogP contribution >= 0.6 is 0 Å². The van der Waals surface area contributed by atoms with Crippen LogP contribution < -0.4 is 10.2 Å². The predicted octanol–water partition coefficient (Wildman–Crippen LogP) is -1.75. The maximum absolute atomic E-state index is 10.6. The number of aliphatic hydroxyl groups is 1. The van der Waals surface area contributed by atoms with Gasteiger partial charge in [-0.15, -0.1) is 6.10 Å². The molecule has 11 heavy (non-hydrogen) atoms. The van der Waals surface area contributed by atoms with E-state index in [4.69, 9.17) is 10.2 Å². The third-order valence-corrected chi connectivity index (χ3v) is 1.60. The smallest absolute Gasteiger partial charge is 0.857 e. The summed E-state index contributed by atoms with van der Waals surface area (Å²) in [4.78, 5) is 0. The van der Waals surface area contributed by atoms with Crippen molar-refractivity contribution in [2.75, 3.05) is 7.11 Å². The Hall–Kier alpha value is 0.646. The van der Waals surface area contributed by atoms with Crippen LogP contribution in [0.5, 0.6) is 0 Å². The molecular formula is C7H14MgO3. The van der Waals surface area contributed by atoms with Gasteiger partial charge in [0.15, 0.2) is 0 Å². The van der Waals surface area contributed by atoms with E-state index in [9.17, 15) is 5.11 Å². The van der Waals surface area contributed by atoms with Crippen molar-refractivity contribution < 1.29 is 15.3 Å². The van der Waals surface area contributed by atoms with Gasteiger partial charge in [0.05, 0.1) is 6.10 Å². The quantitative estimate of drug-likeness (QED) is 0.438. The van der Waals surface area contributed by atoms with Crippen molar-refractivity contribution in [1.82, 2.24) is 0 Å². The summed E-state index contributed by atoms with van der Waals surface area (Å²) in [7, 11) is 0.750. The Morgan fingerprint density at radius 1 is 1.27 bits per heavy atom. The Morgan fingerprint density at radius 2 is 1.82 bits per heavy atom. The molecule has 1 fully saturated rings. The summed E-state index contributed by atoms with van der Waals surface area (Å²) >= 11 is 0. The normalized spacial score (nSPS) is 29.5. The second-order valence-electron chi connectivity index (χ2n) is 2.44. The molecule has 0 saturated heterocycles. The molecule has 0 spiro atoms. The molecule has 2 atom stereocenters. The number of hydrogen-bond donors (Lipinski definition) is 1. The van der Waals surface area contributed by atoms with Gasteiger partial charge in [-0.2, -0.15) is 7.11 Å². The van der Waals surface area contributed by atoms with Crippen molar-refractivity contribution in [3.8, 4) is 0 Å². The first-order valence-electron chi connectivity index (χ1n) is 3.54. The molecule has 2 unspecified atom stereocenters. The van der Waals surface area contributed by atoms with Gasteiger partial charge in [0.25, 0.3) is 0 Å². The number of aliphatic hydroxyl groups excluding tert-OH is 1. The van der Waals surface area contributed by atoms with Gasteiger partial charge in [-0.3, -0.25) is 0 Å². The molecule has 0 radical (unpaired) electrons. The molecule has 0 bridgehead atoms. The minimum Gasteiger partial charge on any atom is -0.857 e. The maximum atomic E-state index is 10.6. The van der Waals surface area contributed by atoms with Gasteiger partial charge in [0.2, 0.25) is 0 Å². The van der Waals surface area contributed by atoms with Gasteiger partial charge in [-0.05, 0) is 12.8 Å². The number of rotatable bonds is 0. The third kappa shape index (κ3) is 7.02. The molecule has 0 amide bonds. The summed E-state index contributed by atoms with van der Waals surface area (Å²) in [6.07, 6.45) is 2.19. The van der Waals surface area contributed by atoms with E-state index in [1.165, 1.54) is 0 Å². The van der Waals surface area contributed by atoms with Crippen LogP contribution in [0.3, 0.4) is 0 Å². The fourth-order valence-corrected chi connectivity index (χ4v) is 1.12. The van der Waals surface area contributed by atoms with Gasteiger partial charge < -0.3 is 15.3 Å². The third-order valence-electron chi connectivity index (χ3n) is 1.60. The van der Waals surface area contributed by atoms with E-state index < -0.39 is 6.10 Å². The second-order valence-corrected chi connectivity index (χ2v) is 2.44. The molecular weight excluding hydrogens is 156 g/mol. The standard InChI is InChI=1S/C6H11O2.CH3O.Mg/c7-5-2-1-3-6(8)4-5;1-2;/h5-7H,1-4H2;1H3;/q2*-1;+2. The minimum atomic E-state index is -0.487. The van der Waals surface area contributed by atoms with Gasteiger partial charge in [0, 0.05) is 0 Å². The van der Waals surface area contributed by atoms with Crippen LogP contribution in [0, 0.1) is 0 Å². The Morgan fingerprint density at radius 3 is 2.09 bits per heavy atom. The minimum absolute atomic E-state index is 0. The molecule has 4 heteroatoms. The van der Waals surface area contributed by atoms with Crippen LogP contribution in [-0.2, 0) is 0 Å². The van der Waals surface area contributed by atoms with Crippen molar-refractivity contribution in [3.05, 3.63) is 0 Å². The Labute approximate surface area is 83.6 Å². The molecule has 1 aliphatic carbocycles. The van der Waals surface area contributed by atoms with E-state index in [2.05, 4.69) is 0 Å². The summed E-state index contributed by atoms with van der Waals surface area (Å²) < 4.78 is 0. The Kier molecular flexibility index (Phi) is 11.3. The zero-order valence-corrected chi connectivity index (χ0v) is 8.37. The van der Waals surface area contributed by atoms with Crippen molar-refractivity contribution in [2.24, 2.45) is 0 Å². The van der Waals surface area contributed by atoms with Crippen molar-refractivity contribution in [2.45, 2.75) is 37.9 Å². The van der Waals surface area contributed by atoms with Gasteiger partial charge >= 0.3 is 23.1 Å². The van der Waals surface area contributed by atoms with Gasteiger partial charge in [0.1, 0.15) is 0 Å². The Bertz CT molecular complexity index is 72.1. The summed E-state index contributed by atoms with van der Waals surface area (Å²) in [6.45, 7) is 0.